The molecule has 1 unspecified atom stereocenters. The lowest BCUT2D eigenvalue weighted by atomic mass is 9.92. The second kappa shape index (κ2) is 10.7. The van der Waals surface area contributed by atoms with E-state index in [9.17, 15) is 19.2 Å². The lowest BCUT2D eigenvalue weighted by Gasteiger charge is -2.23. The van der Waals surface area contributed by atoms with Gasteiger partial charge in [0.05, 0.1) is 20.2 Å². The number of hydrazine groups is 1. The highest BCUT2D eigenvalue weighted by Crippen LogP contribution is 2.29. The summed E-state index contributed by atoms with van der Waals surface area (Å²) in [5.41, 5.74) is 1.53. The maximum absolute atomic E-state index is 12.9. The van der Waals surface area contributed by atoms with Crippen molar-refractivity contribution in [2.75, 3.05) is 47.5 Å². The van der Waals surface area contributed by atoms with Crippen LogP contribution < -0.4 is 20.8 Å². The van der Waals surface area contributed by atoms with Crippen molar-refractivity contribution in [3.8, 4) is 5.75 Å². The van der Waals surface area contributed by atoms with Crippen molar-refractivity contribution < 1.29 is 28.7 Å². The lowest BCUT2D eigenvalue weighted by molar-refractivity contribution is -0.139. The maximum Gasteiger partial charge on any atom is 0.344 e. The molecule has 1 saturated heterocycles. The van der Waals surface area contributed by atoms with E-state index in [1.807, 2.05) is 0 Å². The molecule has 0 bridgehead atoms. The van der Waals surface area contributed by atoms with Gasteiger partial charge in [0, 0.05) is 20.3 Å². The van der Waals surface area contributed by atoms with Gasteiger partial charge in [-0.3, -0.25) is 24.7 Å². The first-order chi connectivity index (χ1) is 14.7. The van der Waals surface area contributed by atoms with Gasteiger partial charge < -0.3 is 20.1 Å². The number of nitrogens with one attached hydrogen (secondary N) is 3. The number of hydrogen-bond acceptors (Lipinski definition) is 7. The Hall–Kier alpha value is -3.18. The van der Waals surface area contributed by atoms with Gasteiger partial charge in [-0.15, -0.1) is 0 Å². The normalized spacial score (nSPS) is 18.2. The molecule has 170 valence electrons. The van der Waals surface area contributed by atoms with Crippen LogP contribution in [0.1, 0.15) is 18.9 Å². The van der Waals surface area contributed by atoms with Gasteiger partial charge in [-0.1, -0.05) is 12.1 Å². The summed E-state index contributed by atoms with van der Waals surface area (Å²) in [5.74, 6) is -0.847. The van der Waals surface area contributed by atoms with Gasteiger partial charge in [0.15, 0.2) is 0 Å². The number of imide groups is 1. The summed E-state index contributed by atoms with van der Waals surface area (Å²) >= 11 is 0. The number of hydrogen-bond donors (Lipinski definition) is 3. The van der Waals surface area contributed by atoms with Crippen LogP contribution in [0.4, 0.5) is 4.79 Å². The average Bonchev–Trinajstić information content (AvgIpc) is 2.95. The Labute approximate surface area is 181 Å². The van der Waals surface area contributed by atoms with Gasteiger partial charge in [0.25, 0.3) is 11.8 Å². The topological polar surface area (TPSA) is 129 Å². The molecule has 1 heterocycles. The number of ether oxygens (including phenoxy) is 2. The lowest BCUT2D eigenvalue weighted by Crippen LogP contribution is -2.51. The van der Waals surface area contributed by atoms with Crippen LogP contribution in [-0.4, -0.2) is 81.2 Å². The highest BCUT2D eigenvalue weighted by molar-refractivity contribution is 6.08. The predicted octanol–water partition coefficient (Wildman–Crippen LogP) is -0.422. The summed E-state index contributed by atoms with van der Waals surface area (Å²) in [7, 11) is 4.69. The molecule has 0 saturated carbocycles. The van der Waals surface area contributed by atoms with Crippen molar-refractivity contribution >= 4 is 23.8 Å². The second-order valence-electron chi connectivity index (χ2n) is 7.33. The van der Waals surface area contributed by atoms with E-state index in [1.54, 1.807) is 45.3 Å². The molecule has 1 aromatic rings. The van der Waals surface area contributed by atoms with Gasteiger partial charge >= 0.3 is 6.03 Å². The van der Waals surface area contributed by atoms with Crippen molar-refractivity contribution in [3.05, 3.63) is 29.8 Å². The van der Waals surface area contributed by atoms with Crippen molar-refractivity contribution in [2.24, 2.45) is 0 Å². The highest BCUT2D eigenvalue weighted by Gasteiger charge is 2.50. The van der Waals surface area contributed by atoms with Crippen molar-refractivity contribution in [2.45, 2.75) is 18.9 Å². The molecular formula is C20H29N5O6. The Kier molecular flexibility index (Phi) is 8.34. The quantitative estimate of drug-likeness (QED) is 0.318. The Balaban J connectivity index is 1.90. The molecule has 3 N–H and O–H groups in total. The summed E-state index contributed by atoms with van der Waals surface area (Å²) in [4.78, 5) is 50.9. The minimum atomic E-state index is -1.33. The number of nitrogens with zero attached hydrogens (tertiary/aromatic N) is 2. The third-order valence-electron chi connectivity index (χ3n) is 4.77. The largest absolute Gasteiger partial charge is 0.497 e. The fraction of sp³-hybridized carbons (Fsp3) is 0.500. The minimum absolute atomic E-state index is 0.00981. The number of amides is 5. The number of methoxy groups -OCH3 is 2. The first kappa shape index (κ1) is 24.1. The Bertz CT molecular complexity index is 815. The van der Waals surface area contributed by atoms with Crippen LogP contribution in [0, 0.1) is 0 Å². The predicted molar refractivity (Wildman–Crippen MR) is 111 cm³/mol. The minimum Gasteiger partial charge on any atom is -0.497 e. The van der Waals surface area contributed by atoms with Gasteiger partial charge in [-0.25, -0.2) is 4.79 Å². The third kappa shape index (κ3) is 6.15. The van der Waals surface area contributed by atoms with E-state index in [0.29, 0.717) is 35.9 Å². The Morgan fingerprint density at radius 3 is 2.39 bits per heavy atom. The number of carbonyl (C=O) groups is 4. The smallest absolute Gasteiger partial charge is 0.344 e. The molecule has 11 nitrogen and oxygen atoms in total. The van der Waals surface area contributed by atoms with Gasteiger partial charge in [-0.2, -0.15) is 5.01 Å². The molecule has 1 fully saturated rings. The van der Waals surface area contributed by atoms with E-state index in [-0.39, 0.29) is 19.0 Å². The number of rotatable bonds is 11. The molecule has 31 heavy (non-hydrogen) atoms. The van der Waals surface area contributed by atoms with Gasteiger partial charge in [0.1, 0.15) is 11.3 Å². The van der Waals surface area contributed by atoms with Crippen LogP contribution in [0.3, 0.4) is 0 Å². The van der Waals surface area contributed by atoms with E-state index in [0.717, 1.165) is 0 Å². The summed E-state index contributed by atoms with van der Waals surface area (Å²) in [5, 5.41) is 5.98. The standard InChI is InChI=1S/C20H29N5O6/c1-20(14-6-8-15(31-4)9-7-14)18(28)25(19(29)22-20)23-17(27)13-24(2)12-16(26)21-10-5-11-30-3/h6-9H,5,10-13H2,1-4H3,(H,21,26)(H,22,29)(H,23,27). The van der Waals surface area contributed by atoms with Gasteiger partial charge in [-0.05, 0) is 38.1 Å². The number of urea groups is 1. The molecule has 0 aliphatic carbocycles. The van der Waals surface area contributed by atoms with Gasteiger partial charge in [0.2, 0.25) is 5.91 Å². The SMILES string of the molecule is COCCCNC(=O)CN(C)CC(=O)NN1C(=O)NC(C)(c2ccc(OC)cc2)C1=O. The third-order valence-corrected chi connectivity index (χ3v) is 4.77. The first-order valence-corrected chi connectivity index (χ1v) is 9.76. The van der Waals surface area contributed by atoms with E-state index in [1.165, 1.54) is 12.0 Å². The molecule has 1 aromatic carbocycles. The van der Waals surface area contributed by atoms with E-state index >= 15 is 0 Å². The first-order valence-electron chi connectivity index (χ1n) is 9.76. The highest BCUT2D eigenvalue weighted by atomic mass is 16.5. The van der Waals surface area contributed by atoms with Crippen molar-refractivity contribution in [3.63, 3.8) is 0 Å². The summed E-state index contributed by atoms with van der Waals surface area (Å²) < 4.78 is 10.0. The van der Waals surface area contributed by atoms with Crippen molar-refractivity contribution in [1.29, 1.82) is 0 Å². The Morgan fingerprint density at radius 2 is 1.77 bits per heavy atom. The molecule has 11 heteroatoms. The van der Waals surface area contributed by atoms with Crippen LogP contribution in [-0.2, 0) is 24.7 Å². The molecule has 5 amide bonds. The molecular weight excluding hydrogens is 406 g/mol. The van der Waals surface area contributed by atoms with Crippen molar-refractivity contribution in [1.82, 2.24) is 26.0 Å². The zero-order valence-corrected chi connectivity index (χ0v) is 18.2. The van der Waals surface area contributed by atoms with Crippen LogP contribution in [0.5, 0.6) is 5.75 Å². The van der Waals surface area contributed by atoms with E-state index in [4.69, 9.17) is 9.47 Å². The molecule has 1 aliphatic rings. The fourth-order valence-corrected chi connectivity index (χ4v) is 3.07. The number of benzene rings is 1. The van der Waals surface area contributed by atoms with Crippen LogP contribution >= 0.6 is 0 Å². The van der Waals surface area contributed by atoms with Crippen LogP contribution in [0.2, 0.25) is 0 Å². The van der Waals surface area contributed by atoms with E-state index < -0.39 is 23.4 Å². The molecule has 0 aromatic heterocycles. The van der Waals surface area contributed by atoms with E-state index in [2.05, 4.69) is 16.1 Å². The fourth-order valence-electron chi connectivity index (χ4n) is 3.07. The van der Waals surface area contributed by atoms with Crippen LogP contribution in [0.15, 0.2) is 24.3 Å². The summed E-state index contributed by atoms with van der Waals surface area (Å²) in [6, 6.07) is 5.95. The molecule has 0 radical (unpaired) electrons. The molecule has 0 spiro atoms. The maximum atomic E-state index is 12.9. The second-order valence-corrected chi connectivity index (χ2v) is 7.33. The summed E-state index contributed by atoms with van der Waals surface area (Å²) in [6.07, 6.45) is 0.686. The molecule has 1 atom stereocenters. The number of carbonyl (C=O) groups excluding carboxylic acids is 4. The molecule has 1 aliphatic heterocycles. The molecule has 2 rings (SSSR count). The Morgan fingerprint density at radius 1 is 1.13 bits per heavy atom. The number of likely N-dealkylation sites (N-methyl/N-ethyl adjacent to an activating group) is 1. The average molecular weight is 435 g/mol. The zero-order chi connectivity index (χ0) is 23.0. The van der Waals surface area contributed by atoms with Crippen LogP contribution in [0.25, 0.3) is 0 Å². The summed E-state index contributed by atoms with van der Waals surface area (Å²) in [6.45, 7) is 2.38. The zero-order valence-electron chi connectivity index (χ0n) is 18.2. The monoisotopic (exact) mass is 435 g/mol.